The molecule has 0 fully saturated rings. The second-order valence-corrected chi connectivity index (χ2v) is 7.73. The number of nitrogens with one attached hydrogen (secondary N) is 1. The fourth-order valence-electron chi connectivity index (χ4n) is 2.97. The molecule has 0 saturated heterocycles. The Bertz CT molecular complexity index is 854. The molecule has 2 amide bonds. The molecule has 0 saturated carbocycles. The lowest BCUT2D eigenvalue weighted by molar-refractivity contribution is -0.115. The van der Waals surface area contributed by atoms with E-state index in [1.807, 2.05) is 44.1 Å². The molecule has 0 radical (unpaired) electrons. The molecular formula is C22H27ClFN3O2. The number of carbonyl (C=O) groups is 2. The van der Waals surface area contributed by atoms with E-state index in [1.54, 1.807) is 11.8 Å². The third kappa shape index (κ3) is 6.19. The van der Waals surface area contributed by atoms with Crippen LogP contribution >= 0.6 is 11.6 Å². The zero-order valence-electron chi connectivity index (χ0n) is 17.2. The summed E-state index contributed by atoms with van der Waals surface area (Å²) in [5, 5.41) is 2.14. The van der Waals surface area contributed by atoms with Crippen LogP contribution in [0.15, 0.2) is 42.5 Å². The number of hydrogen-bond donors (Lipinski definition) is 1. The normalized spacial score (nSPS) is 11.7. The lowest BCUT2D eigenvalue weighted by atomic mass is 10.1. The molecule has 0 heterocycles. The molecular weight excluding hydrogens is 393 g/mol. The Morgan fingerprint density at radius 1 is 1.14 bits per heavy atom. The first-order chi connectivity index (χ1) is 13.7. The minimum absolute atomic E-state index is 0.166. The van der Waals surface area contributed by atoms with Crippen molar-refractivity contribution < 1.29 is 14.0 Å². The Labute approximate surface area is 176 Å². The Hall–Kier alpha value is -2.60. The van der Waals surface area contributed by atoms with Crippen LogP contribution in [0.3, 0.4) is 0 Å². The Balaban J connectivity index is 2.34. The van der Waals surface area contributed by atoms with Crippen LogP contribution in [-0.4, -0.2) is 42.7 Å². The average Bonchev–Trinajstić information content (AvgIpc) is 2.67. The molecule has 7 heteroatoms. The fraction of sp³-hybridized carbons (Fsp3) is 0.364. The van der Waals surface area contributed by atoms with E-state index in [-0.39, 0.29) is 17.6 Å². The van der Waals surface area contributed by atoms with Crippen molar-refractivity contribution in [1.29, 1.82) is 0 Å². The molecule has 0 aliphatic heterocycles. The van der Waals surface area contributed by atoms with Crippen LogP contribution in [0, 0.1) is 5.82 Å². The lowest BCUT2D eigenvalue weighted by Crippen LogP contribution is -2.32. The molecule has 29 heavy (non-hydrogen) atoms. The summed E-state index contributed by atoms with van der Waals surface area (Å²) in [7, 11) is 3.84. The summed E-state index contributed by atoms with van der Waals surface area (Å²) in [6, 6.07) is 11.1. The number of benzene rings is 2. The summed E-state index contributed by atoms with van der Waals surface area (Å²) in [5.74, 6) is -0.834. The lowest BCUT2D eigenvalue weighted by Gasteiger charge is -2.26. The van der Waals surface area contributed by atoms with Crippen LogP contribution in [0.25, 0.3) is 0 Å². The smallest absolute Gasteiger partial charge is 0.254 e. The number of halogens is 2. The maximum atomic E-state index is 13.2. The first kappa shape index (κ1) is 22.7. The van der Waals surface area contributed by atoms with Crippen LogP contribution in [0.4, 0.5) is 15.8 Å². The van der Waals surface area contributed by atoms with Crippen molar-refractivity contribution >= 4 is 34.8 Å². The number of hydrogen-bond acceptors (Lipinski definition) is 3. The standard InChI is InChI=1S/C22H27ClFN3O2/c1-5-12-27(22(29)16-6-8-18(24)9-7-16)14-17-13-19(25-21(28)15(2)23)10-11-20(17)26(3)4/h6-11,13,15H,5,12,14H2,1-4H3,(H,25,28). The van der Waals surface area contributed by atoms with Crippen molar-refractivity contribution in [2.75, 3.05) is 30.9 Å². The third-order valence-corrected chi connectivity index (χ3v) is 4.62. The predicted molar refractivity (Wildman–Crippen MR) is 116 cm³/mol. The quantitative estimate of drug-likeness (QED) is 0.640. The van der Waals surface area contributed by atoms with Crippen LogP contribution in [0.5, 0.6) is 0 Å². The second kappa shape index (κ2) is 10.3. The van der Waals surface area contributed by atoms with Gasteiger partial charge in [0.2, 0.25) is 5.91 Å². The molecule has 0 aliphatic rings. The minimum atomic E-state index is -0.649. The molecule has 0 bridgehead atoms. The van der Waals surface area contributed by atoms with Crippen LogP contribution in [-0.2, 0) is 11.3 Å². The van der Waals surface area contributed by atoms with Gasteiger partial charge in [0.25, 0.3) is 5.91 Å². The number of carbonyl (C=O) groups excluding carboxylic acids is 2. The van der Waals surface area contributed by atoms with Gasteiger partial charge in [0.15, 0.2) is 0 Å². The van der Waals surface area contributed by atoms with Gasteiger partial charge in [0.1, 0.15) is 11.2 Å². The van der Waals surface area contributed by atoms with Crippen molar-refractivity contribution in [1.82, 2.24) is 4.90 Å². The van der Waals surface area contributed by atoms with E-state index in [1.165, 1.54) is 24.3 Å². The fourth-order valence-corrected chi connectivity index (χ4v) is 3.03. The van der Waals surface area contributed by atoms with Crippen molar-refractivity contribution in [3.8, 4) is 0 Å². The molecule has 2 rings (SSSR count). The van der Waals surface area contributed by atoms with Gasteiger partial charge in [0, 0.05) is 44.1 Å². The second-order valence-electron chi connectivity index (χ2n) is 7.08. The number of amides is 2. The molecule has 2 aromatic carbocycles. The van der Waals surface area contributed by atoms with Gasteiger partial charge in [-0.2, -0.15) is 0 Å². The van der Waals surface area contributed by atoms with Gasteiger partial charge in [-0.05, 0) is 61.4 Å². The zero-order valence-corrected chi connectivity index (χ0v) is 18.0. The number of alkyl halides is 1. The van der Waals surface area contributed by atoms with E-state index in [9.17, 15) is 14.0 Å². The van der Waals surface area contributed by atoms with Crippen LogP contribution in [0.1, 0.15) is 36.2 Å². The molecule has 5 nitrogen and oxygen atoms in total. The summed E-state index contributed by atoms with van der Waals surface area (Å²) in [6.45, 7) is 4.52. The topological polar surface area (TPSA) is 52.7 Å². The molecule has 156 valence electrons. The monoisotopic (exact) mass is 419 g/mol. The minimum Gasteiger partial charge on any atom is -0.377 e. The Kier molecular flexibility index (Phi) is 8.02. The molecule has 0 aromatic heterocycles. The van der Waals surface area contributed by atoms with E-state index in [2.05, 4.69) is 5.32 Å². The maximum Gasteiger partial charge on any atom is 0.254 e. The van der Waals surface area contributed by atoms with E-state index in [4.69, 9.17) is 11.6 Å². The zero-order chi connectivity index (χ0) is 21.6. The number of rotatable bonds is 8. The highest BCUT2D eigenvalue weighted by Crippen LogP contribution is 2.25. The summed E-state index contributed by atoms with van der Waals surface area (Å²) in [6.07, 6.45) is 0.782. The SMILES string of the molecule is CCCN(Cc1cc(NC(=O)C(C)Cl)ccc1N(C)C)C(=O)c1ccc(F)cc1. The highest BCUT2D eigenvalue weighted by Gasteiger charge is 2.19. The first-order valence-electron chi connectivity index (χ1n) is 9.53. The highest BCUT2D eigenvalue weighted by molar-refractivity contribution is 6.32. The predicted octanol–water partition coefficient (Wildman–Crippen LogP) is 4.51. The van der Waals surface area contributed by atoms with E-state index >= 15 is 0 Å². The summed E-state index contributed by atoms with van der Waals surface area (Å²) in [5.41, 5.74) is 2.88. The Morgan fingerprint density at radius 2 is 1.79 bits per heavy atom. The molecule has 1 atom stereocenters. The largest absolute Gasteiger partial charge is 0.377 e. The molecule has 1 N–H and O–H groups in total. The van der Waals surface area contributed by atoms with Gasteiger partial charge in [-0.25, -0.2) is 4.39 Å². The van der Waals surface area contributed by atoms with Crippen molar-refractivity contribution in [2.24, 2.45) is 0 Å². The van der Waals surface area contributed by atoms with Crippen molar-refractivity contribution in [3.05, 3.63) is 59.4 Å². The van der Waals surface area contributed by atoms with Gasteiger partial charge in [-0.15, -0.1) is 11.6 Å². The van der Waals surface area contributed by atoms with E-state index in [0.29, 0.717) is 24.3 Å². The van der Waals surface area contributed by atoms with Crippen LogP contribution < -0.4 is 10.2 Å². The summed E-state index contributed by atoms with van der Waals surface area (Å²) >= 11 is 5.85. The van der Waals surface area contributed by atoms with Crippen molar-refractivity contribution in [3.63, 3.8) is 0 Å². The highest BCUT2D eigenvalue weighted by atomic mass is 35.5. The van der Waals surface area contributed by atoms with Gasteiger partial charge >= 0.3 is 0 Å². The van der Waals surface area contributed by atoms with Gasteiger partial charge in [-0.1, -0.05) is 6.92 Å². The van der Waals surface area contributed by atoms with Crippen LogP contribution in [0.2, 0.25) is 0 Å². The number of anilines is 2. The summed E-state index contributed by atoms with van der Waals surface area (Å²) in [4.78, 5) is 28.6. The van der Waals surface area contributed by atoms with E-state index < -0.39 is 5.38 Å². The molecule has 2 aromatic rings. The maximum absolute atomic E-state index is 13.2. The van der Waals surface area contributed by atoms with E-state index in [0.717, 1.165) is 17.7 Å². The molecule has 1 unspecified atom stereocenters. The van der Waals surface area contributed by atoms with Gasteiger partial charge < -0.3 is 15.1 Å². The third-order valence-electron chi connectivity index (χ3n) is 4.42. The average molecular weight is 420 g/mol. The summed E-state index contributed by atoms with van der Waals surface area (Å²) < 4.78 is 13.2. The van der Waals surface area contributed by atoms with Gasteiger partial charge in [-0.3, -0.25) is 9.59 Å². The number of nitrogens with zero attached hydrogens (tertiary/aromatic N) is 2. The molecule has 0 aliphatic carbocycles. The molecule has 0 spiro atoms. The Morgan fingerprint density at radius 3 is 2.34 bits per heavy atom. The van der Waals surface area contributed by atoms with Gasteiger partial charge in [0.05, 0.1) is 0 Å². The van der Waals surface area contributed by atoms with Crippen molar-refractivity contribution in [2.45, 2.75) is 32.2 Å². The first-order valence-corrected chi connectivity index (χ1v) is 9.96.